The first-order valence-electron chi connectivity index (χ1n) is 7.30. The predicted molar refractivity (Wildman–Crippen MR) is 86.1 cm³/mol. The molecule has 0 aromatic heterocycles. The minimum atomic E-state index is 0.0937. The first kappa shape index (κ1) is 15.4. The van der Waals surface area contributed by atoms with Crippen LogP contribution in [0.2, 0.25) is 0 Å². The molecule has 2 rings (SSSR count). The average molecular weight is 285 g/mol. The molecule has 0 spiro atoms. The second-order valence-corrected chi connectivity index (χ2v) is 4.91. The van der Waals surface area contributed by atoms with Gasteiger partial charge in [-0.3, -0.25) is 0 Å². The number of hydrogen-bond acceptors (Lipinski definition) is 3. The smallest absolute Gasteiger partial charge is 0.124 e. The normalized spacial score (nSPS) is 12.0. The summed E-state index contributed by atoms with van der Waals surface area (Å²) in [6.45, 7) is 3.11. The molecule has 0 aliphatic carbocycles. The van der Waals surface area contributed by atoms with Gasteiger partial charge >= 0.3 is 0 Å². The highest BCUT2D eigenvalue weighted by Gasteiger charge is 2.18. The largest absolute Gasteiger partial charge is 0.497 e. The lowest BCUT2D eigenvalue weighted by Crippen LogP contribution is -2.23. The van der Waals surface area contributed by atoms with Crippen LogP contribution in [-0.4, -0.2) is 20.8 Å². The van der Waals surface area contributed by atoms with Gasteiger partial charge in [-0.05, 0) is 36.7 Å². The molecule has 112 valence electrons. The zero-order valence-electron chi connectivity index (χ0n) is 12.9. The lowest BCUT2D eigenvalue weighted by atomic mass is 9.97. The van der Waals surface area contributed by atoms with E-state index in [1.165, 1.54) is 5.56 Å². The maximum Gasteiger partial charge on any atom is 0.124 e. The van der Waals surface area contributed by atoms with E-state index in [1.54, 1.807) is 14.2 Å². The number of rotatable bonds is 7. The van der Waals surface area contributed by atoms with Crippen molar-refractivity contribution in [1.82, 2.24) is 5.32 Å². The van der Waals surface area contributed by atoms with Crippen LogP contribution in [0.1, 0.15) is 30.5 Å². The van der Waals surface area contributed by atoms with Crippen molar-refractivity contribution in [3.8, 4) is 11.5 Å². The van der Waals surface area contributed by atoms with Crippen molar-refractivity contribution >= 4 is 0 Å². The molecule has 21 heavy (non-hydrogen) atoms. The molecule has 1 N–H and O–H groups in total. The first-order chi connectivity index (χ1) is 10.3. The van der Waals surface area contributed by atoms with Crippen molar-refractivity contribution < 1.29 is 9.47 Å². The van der Waals surface area contributed by atoms with E-state index >= 15 is 0 Å². The Labute approximate surface area is 126 Å². The van der Waals surface area contributed by atoms with E-state index in [2.05, 4.69) is 36.5 Å². The number of nitrogens with one attached hydrogen (secondary N) is 1. The Hall–Kier alpha value is -2.00. The summed E-state index contributed by atoms with van der Waals surface area (Å²) < 4.78 is 10.9. The van der Waals surface area contributed by atoms with Gasteiger partial charge in [0.15, 0.2) is 0 Å². The van der Waals surface area contributed by atoms with Crippen molar-refractivity contribution in [2.24, 2.45) is 0 Å². The molecule has 2 aromatic rings. The van der Waals surface area contributed by atoms with E-state index in [0.717, 1.165) is 30.0 Å². The van der Waals surface area contributed by atoms with Crippen LogP contribution in [0.3, 0.4) is 0 Å². The Balaban J connectivity index is 2.44. The van der Waals surface area contributed by atoms with Crippen LogP contribution in [0.5, 0.6) is 11.5 Å². The first-order valence-corrected chi connectivity index (χ1v) is 7.30. The Morgan fingerprint density at radius 3 is 2.38 bits per heavy atom. The molecule has 0 saturated heterocycles. The lowest BCUT2D eigenvalue weighted by molar-refractivity contribution is 0.393. The van der Waals surface area contributed by atoms with Crippen molar-refractivity contribution in [3.63, 3.8) is 0 Å². The minimum absolute atomic E-state index is 0.0937. The second-order valence-electron chi connectivity index (χ2n) is 4.91. The quantitative estimate of drug-likeness (QED) is 0.839. The molecule has 0 bridgehead atoms. The van der Waals surface area contributed by atoms with E-state index in [0.29, 0.717) is 0 Å². The van der Waals surface area contributed by atoms with Gasteiger partial charge in [-0.2, -0.15) is 0 Å². The van der Waals surface area contributed by atoms with Gasteiger partial charge in [0, 0.05) is 5.56 Å². The van der Waals surface area contributed by atoms with Gasteiger partial charge in [-0.1, -0.05) is 37.3 Å². The van der Waals surface area contributed by atoms with E-state index in [-0.39, 0.29) is 6.04 Å². The molecule has 0 radical (unpaired) electrons. The van der Waals surface area contributed by atoms with E-state index in [4.69, 9.17) is 9.47 Å². The molecular weight excluding hydrogens is 262 g/mol. The third-order valence-electron chi connectivity index (χ3n) is 3.48. The number of hydrogen-bond donors (Lipinski definition) is 1. The highest BCUT2D eigenvalue weighted by Crippen LogP contribution is 2.33. The monoisotopic (exact) mass is 285 g/mol. The van der Waals surface area contributed by atoms with E-state index in [1.807, 2.05) is 24.3 Å². The fourth-order valence-electron chi connectivity index (χ4n) is 2.41. The van der Waals surface area contributed by atoms with Crippen LogP contribution in [0, 0.1) is 0 Å². The second kappa shape index (κ2) is 7.70. The average Bonchev–Trinajstić information content (AvgIpc) is 2.56. The summed E-state index contributed by atoms with van der Waals surface area (Å²) in [7, 11) is 3.38. The Morgan fingerprint density at radius 2 is 1.76 bits per heavy atom. The lowest BCUT2D eigenvalue weighted by Gasteiger charge is -2.22. The summed E-state index contributed by atoms with van der Waals surface area (Å²) in [4.78, 5) is 0. The molecule has 0 amide bonds. The summed E-state index contributed by atoms with van der Waals surface area (Å²) in [5.74, 6) is 1.71. The molecule has 0 fully saturated rings. The zero-order valence-corrected chi connectivity index (χ0v) is 12.9. The highest BCUT2D eigenvalue weighted by molar-refractivity contribution is 5.46. The topological polar surface area (TPSA) is 30.5 Å². The van der Waals surface area contributed by atoms with Crippen molar-refractivity contribution in [2.75, 3.05) is 20.8 Å². The zero-order chi connectivity index (χ0) is 15.1. The van der Waals surface area contributed by atoms with E-state index in [9.17, 15) is 0 Å². The Bertz CT molecular complexity index is 554. The standard InChI is InChI=1S/C18H23NO2/c1-4-12-19-18(14-8-6-5-7-9-14)16-13-15(20-2)10-11-17(16)21-3/h5-11,13,18-19H,4,12H2,1-3H3. The molecule has 0 aliphatic heterocycles. The maximum absolute atomic E-state index is 5.53. The van der Waals surface area contributed by atoms with Crippen LogP contribution >= 0.6 is 0 Å². The molecule has 1 atom stereocenters. The van der Waals surface area contributed by atoms with Gasteiger partial charge in [0.2, 0.25) is 0 Å². The fourth-order valence-corrected chi connectivity index (χ4v) is 2.41. The maximum atomic E-state index is 5.53. The van der Waals surface area contributed by atoms with Crippen LogP contribution in [0.25, 0.3) is 0 Å². The van der Waals surface area contributed by atoms with Crippen molar-refractivity contribution in [3.05, 3.63) is 59.7 Å². The SMILES string of the molecule is CCCNC(c1ccccc1)c1cc(OC)ccc1OC. The molecule has 1 unspecified atom stereocenters. The number of methoxy groups -OCH3 is 2. The van der Waals surface area contributed by atoms with Gasteiger partial charge in [0.05, 0.1) is 20.3 Å². The molecule has 0 saturated carbocycles. The summed E-state index contributed by atoms with van der Waals surface area (Å²) in [5.41, 5.74) is 2.31. The van der Waals surface area contributed by atoms with Gasteiger partial charge in [0.25, 0.3) is 0 Å². The summed E-state index contributed by atoms with van der Waals surface area (Å²) in [6, 6.07) is 16.4. The van der Waals surface area contributed by atoms with Crippen LogP contribution < -0.4 is 14.8 Å². The third kappa shape index (κ3) is 3.76. The minimum Gasteiger partial charge on any atom is -0.497 e. The summed E-state index contributed by atoms with van der Waals surface area (Å²) >= 11 is 0. The Kier molecular flexibility index (Phi) is 5.64. The summed E-state index contributed by atoms with van der Waals surface area (Å²) in [5, 5.41) is 3.59. The molecule has 0 heterocycles. The van der Waals surface area contributed by atoms with Gasteiger partial charge in [-0.15, -0.1) is 0 Å². The van der Waals surface area contributed by atoms with Gasteiger partial charge < -0.3 is 14.8 Å². The number of ether oxygens (including phenoxy) is 2. The van der Waals surface area contributed by atoms with Gasteiger partial charge in [-0.25, -0.2) is 0 Å². The highest BCUT2D eigenvalue weighted by atomic mass is 16.5. The molecule has 0 aliphatic rings. The Morgan fingerprint density at radius 1 is 1.00 bits per heavy atom. The van der Waals surface area contributed by atoms with Crippen molar-refractivity contribution in [1.29, 1.82) is 0 Å². The van der Waals surface area contributed by atoms with Crippen LogP contribution in [0.4, 0.5) is 0 Å². The molecule has 3 nitrogen and oxygen atoms in total. The number of benzene rings is 2. The fraction of sp³-hybridized carbons (Fsp3) is 0.333. The van der Waals surface area contributed by atoms with E-state index < -0.39 is 0 Å². The van der Waals surface area contributed by atoms with Crippen molar-refractivity contribution in [2.45, 2.75) is 19.4 Å². The molecular formula is C18H23NO2. The van der Waals surface area contributed by atoms with Crippen LogP contribution in [-0.2, 0) is 0 Å². The molecule has 3 heteroatoms. The molecule has 2 aromatic carbocycles. The third-order valence-corrected chi connectivity index (χ3v) is 3.48. The van der Waals surface area contributed by atoms with Gasteiger partial charge in [0.1, 0.15) is 11.5 Å². The van der Waals surface area contributed by atoms with Crippen LogP contribution in [0.15, 0.2) is 48.5 Å². The summed E-state index contributed by atoms with van der Waals surface area (Å²) in [6.07, 6.45) is 1.08. The predicted octanol–water partition coefficient (Wildman–Crippen LogP) is 3.79.